The van der Waals surface area contributed by atoms with Crippen LogP contribution in [0.1, 0.15) is 129 Å². The van der Waals surface area contributed by atoms with Gasteiger partial charge in [-0.2, -0.15) is 0 Å². The van der Waals surface area contributed by atoms with Gasteiger partial charge in [0.2, 0.25) is 5.91 Å². The van der Waals surface area contributed by atoms with Gasteiger partial charge < -0.3 is 14.4 Å². The molecule has 0 unspecified atom stereocenters. The highest BCUT2D eigenvalue weighted by molar-refractivity contribution is 5.74. The molecule has 0 bridgehead atoms. The molecule has 0 aliphatic carbocycles. The minimum atomic E-state index is -0.0449. The summed E-state index contributed by atoms with van der Waals surface area (Å²) in [7, 11) is 3.16. The highest BCUT2D eigenvalue weighted by atomic mass is 16.7. The molecular formula is C29H56N2O5. The molecule has 0 saturated heterocycles. The molecule has 0 aliphatic rings. The van der Waals surface area contributed by atoms with Crippen LogP contribution in [0, 0.1) is 0 Å². The average Bonchev–Trinajstić information content (AvgIpc) is 2.88. The zero-order valence-electron chi connectivity index (χ0n) is 23.8. The highest BCUT2D eigenvalue weighted by Crippen LogP contribution is 2.11. The minimum Gasteiger partial charge on any atom is -0.466 e. The van der Waals surface area contributed by atoms with Crippen molar-refractivity contribution >= 4 is 18.2 Å². The van der Waals surface area contributed by atoms with Crippen molar-refractivity contribution in [3.8, 4) is 0 Å². The lowest BCUT2D eigenvalue weighted by Crippen LogP contribution is -2.30. The van der Waals surface area contributed by atoms with E-state index in [0.29, 0.717) is 25.9 Å². The van der Waals surface area contributed by atoms with Crippen molar-refractivity contribution in [2.45, 2.75) is 129 Å². The first kappa shape index (κ1) is 34.5. The van der Waals surface area contributed by atoms with E-state index in [1.165, 1.54) is 50.7 Å². The van der Waals surface area contributed by atoms with Crippen LogP contribution in [0.3, 0.4) is 0 Å². The second kappa shape index (κ2) is 26.6. The third-order valence-electron chi connectivity index (χ3n) is 6.65. The van der Waals surface area contributed by atoms with Crippen LogP contribution in [-0.2, 0) is 24.0 Å². The van der Waals surface area contributed by atoms with Crippen LogP contribution in [0.5, 0.6) is 0 Å². The number of amides is 1. The van der Waals surface area contributed by atoms with Crippen LogP contribution in [-0.4, -0.2) is 68.5 Å². The molecule has 0 aromatic carbocycles. The van der Waals surface area contributed by atoms with Crippen molar-refractivity contribution in [3.05, 3.63) is 0 Å². The summed E-state index contributed by atoms with van der Waals surface area (Å²) in [5, 5.41) is 1.30. The summed E-state index contributed by atoms with van der Waals surface area (Å²) < 4.78 is 5.34. The maximum absolute atomic E-state index is 12.0. The number of carbonyl (C=O) groups is 3. The second-order valence-electron chi connectivity index (χ2n) is 9.89. The van der Waals surface area contributed by atoms with E-state index in [4.69, 9.17) is 9.57 Å². The predicted molar refractivity (Wildman–Crippen MR) is 147 cm³/mol. The third-order valence-corrected chi connectivity index (χ3v) is 6.65. The first-order valence-electron chi connectivity index (χ1n) is 14.7. The Kier molecular flexibility index (Phi) is 25.5. The van der Waals surface area contributed by atoms with E-state index < -0.39 is 0 Å². The van der Waals surface area contributed by atoms with Gasteiger partial charge in [0.25, 0.3) is 0 Å². The number of ether oxygens (including phenoxy) is 1. The predicted octanol–water partition coefficient (Wildman–Crippen LogP) is 6.48. The number of carbonyl (C=O) groups excluding carboxylic acids is 3. The van der Waals surface area contributed by atoms with E-state index in [0.717, 1.165) is 90.1 Å². The van der Waals surface area contributed by atoms with E-state index in [9.17, 15) is 14.4 Å². The van der Waals surface area contributed by atoms with Gasteiger partial charge in [0.05, 0.1) is 13.7 Å². The molecule has 0 aliphatic heterocycles. The summed E-state index contributed by atoms with van der Waals surface area (Å²) in [5.41, 5.74) is 0. The molecule has 7 heteroatoms. The van der Waals surface area contributed by atoms with Crippen molar-refractivity contribution < 1.29 is 24.0 Å². The van der Waals surface area contributed by atoms with Crippen LogP contribution in [0.2, 0.25) is 0 Å². The number of unbranched alkanes of at least 4 members (excludes halogenated alkanes) is 13. The number of esters is 1. The van der Waals surface area contributed by atoms with Crippen LogP contribution in [0.4, 0.5) is 0 Å². The SMILES string of the molecule is CCCCCCCOC(=O)CCCCCCCN(CCCCCCCC=O)CCCC(=O)N(C)OC. The number of hydrogen-bond donors (Lipinski definition) is 0. The molecule has 0 aromatic rings. The van der Waals surface area contributed by atoms with E-state index >= 15 is 0 Å². The molecule has 7 nitrogen and oxygen atoms in total. The third kappa shape index (κ3) is 23.0. The second-order valence-corrected chi connectivity index (χ2v) is 9.89. The molecule has 0 atom stereocenters. The number of hydroxylamine groups is 2. The molecule has 0 rings (SSSR count). The summed E-state index contributed by atoms with van der Waals surface area (Å²) in [6.07, 6.45) is 20.5. The van der Waals surface area contributed by atoms with Crippen molar-refractivity contribution in [2.24, 2.45) is 0 Å². The molecule has 212 valence electrons. The number of aldehydes is 1. The van der Waals surface area contributed by atoms with E-state index in [-0.39, 0.29) is 11.9 Å². The van der Waals surface area contributed by atoms with Gasteiger partial charge in [0.15, 0.2) is 0 Å². The first-order valence-corrected chi connectivity index (χ1v) is 14.7. The standard InChI is InChI=1S/C29H56N2O5/c1-4-5-6-14-19-27-36-29(34)22-15-10-9-12-17-24-31(23-16-11-7-8-13-18-26-32)25-20-21-28(33)30(2)35-3/h26H,4-25,27H2,1-3H3. The Hall–Kier alpha value is -1.47. The Bertz CT molecular complexity index is 530. The fourth-order valence-electron chi connectivity index (χ4n) is 4.24. The summed E-state index contributed by atoms with van der Waals surface area (Å²) in [4.78, 5) is 41.7. The van der Waals surface area contributed by atoms with Crippen molar-refractivity contribution in [3.63, 3.8) is 0 Å². The molecule has 1 amide bonds. The molecule has 36 heavy (non-hydrogen) atoms. The number of rotatable bonds is 27. The Morgan fingerprint density at radius 2 is 1.25 bits per heavy atom. The van der Waals surface area contributed by atoms with Crippen LogP contribution >= 0.6 is 0 Å². The van der Waals surface area contributed by atoms with Gasteiger partial charge in [-0.25, -0.2) is 5.06 Å². The van der Waals surface area contributed by atoms with Crippen LogP contribution < -0.4 is 0 Å². The normalized spacial score (nSPS) is 11.1. The summed E-state index contributed by atoms with van der Waals surface area (Å²) in [5.74, 6) is -0.0286. The molecule has 0 spiro atoms. The van der Waals surface area contributed by atoms with Gasteiger partial charge in [-0.05, 0) is 58.2 Å². The Morgan fingerprint density at radius 1 is 0.694 bits per heavy atom. The lowest BCUT2D eigenvalue weighted by molar-refractivity contribution is -0.168. The van der Waals surface area contributed by atoms with E-state index in [2.05, 4.69) is 11.8 Å². The van der Waals surface area contributed by atoms with Gasteiger partial charge in [0.1, 0.15) is 6.29 Å². The molecule has 0 saturated carbocycles. The Morgan fingerprint density at radius 3 is 1.89 bits per heavy atom. The Balaban J connectivity index is 3.98. The fraction of sp³-hybridized carbons (Fsp3) is 0.897. The van der Waals surface area contributed by atoms with Gasteiger partial charge in [0, 0.05) is 26.3 Å². The largest absolute Gasteiger partial charge is 0.466 e. The van der Waals surface area contributed by atoms with E-state index in [1.54, 1.807) is 7.05 Å². The lowest BCUT2D eigenvalue weighted by Gasteiger charge is -2.23. The topological polar surface area (TPSA) is 76.2 Å². The average molecular weight is 513 g/mol. The molecule has 0 fully saturated rings. The van der Waals surface area contributed by atoms with Crippen LogP contribution in [0.15, 0.2) is 0 Å². The van der Waals surface area contributed by atoms with Crippen molar-refractivity contribution in [1.82, 2.24) is 9.96 Å². The summed E-state index contributed by atoms with van der Waals surface area (Å²) in [6.45, 7) is 5.82. The zero-order valence-corrected chi connectivity index (χ0v) is 23.8. The fourth-order valence-corrected chi connectivity index (χ4v) is 4.24. The molecule has 0 aromatic heterocycles. The first-order chi connectivity index (χ1) is 17.5. The maximum Gasteiger partial charge on any atom is 0.305 e. The summed E-state index contributed by atoms with van der Waals surface area (Å²) in [6, 6.07) is 0. The van der Waals surface area contributed by atoms with Gasteiger partial charge in [-0.15, -0.1) is 0 Å². The van der Waals surface area contributed by atoms with Gasteiger partial charge in [-0.1, -0.05) is 71.1 Å². The highest BCUT2D eigenvalue weighted by Gasteiger charge is 2.10. The van der Waals surface area contributed by atoms with Gasteiger partial charge >= 0.3 is 5.97 Å². The smallest absolute Gasteiger partial charge is 0.305 e. The van der Waals surface area contributed by atoms with Crippen LogP contribution in [0.25, 0.3) is 0 Å². The maximum atomic E-state index is 12.0. The quantitative estimate of drug-likeness (QED) is 0.0542. The van der Waals surface area contributed by atoms with Crippen molar-refractivity contribution in [2.75, 3.05) is 40.4 Å². The minimum absolute atomic E-state index is 0.0163. The Labute approximate surface area is 221 Å². The zero-order chi connectivity index (χ0) is 26.7. The van der Waals surface area contributed by atoms with Crippen molar-refractivity contribution in [1.29, 1.82) is 0 Å². The van der Waals surface area contributed by atoms with E-state index in [1.807, 2.05) is 0 Å². The molecule has 0 radical (unpaired) electrons. The molecular weight excluding hydrogens is 456 g/mol. The monoisotopic (exact) mass is 512 g/mol. The summed E-state index contributed by atoms with van der Waals surface area (Å²) >= 11 is 0. The molecule has 0 heterocycles. The number of hydrogen-bond acceptors (Lipinski definition) is 6. The molecule has 0 N–H and O–H groups in total. The van der Waals surface area contributed by atoms with Gasteiger partial charge in [-0.3, -0.25) is 14.4 Å². The number of nitrogens with zero attached hydrogens (tertiary/aromatic N) is 2. The lowest BCUT2D eigenvalue weighted by atomic mass is 10.1.